The normalized spacial score (nSPS) is 21.6. The molecule has 8 heteroatoms. The number of furan rings is 1. The number of ketones is 2. The van der Waals surface area contributed by atoms with Gasteiger partial charge in [-0.25, -0.2) is 8.42 Å². The monoisotopic (exact) mass is 469 g/mol. The summed E-state index contributed by atoms with van der Waals surface area (Å²) in [7, 11) is -2.85. The van der Waals surface area contributed by atoms with E-state index in [4.69, 9.17) is 9.15 Å². The summed E-state index contributed by atoms with van der Waals surface area (Å²) in [4.78, 5) is 26.3. The van der Waals surface area contributed by atoms with Crippen molar-refractivity contribution < 1.29 is 27.2 Å². The molecule has 2 aliphatic rings. The summed E-state index contributed by atoms with van der Waals surface area (Å²) in [6, 6.07) is 9.81. The molecule has 33 heavy (non-hydrogen) atoms. The second-order valence-corrected chi connectivity index (χ2v) is 11.3. The fourth-order valence-corrected chi connectivity index (χ4v) is 6.15. The Labute approximate surface area is 192 Å². The number of benzene rings is 2. The number of nitrogens with zero attached hydrogens (tertiary/aromatic N) is 1. The molecule has 0 unspecified atom stereocenters. The van der Waals surface area contributed by atoms with Crippen LogP contribution in [0.4, 0.5) is 0 Å². The molecule has 0 amide bonds. The Kier molecular flexibility index (Phi) is 5.97. The second-order valence-electron chi connectivity index (χ2n) is 8.98. The molecule has 2 fully saturated rings. The van der Waals surface area contributed by atoms with Crippen molar-refractivity contribution in [2.45, 2.75) is 31.6 Å². The summed E-state index contributed by atoms with van der Waals surface area (Å²) in [6.45, 7) is 2.57. The first-order valence-corrected chi connectivity index (χ1v) is 13.3. The average Bonchev–Trinajstić information content (AvgIpc) is 3.22. The van der Waals surface area contributed by atoms with E-state index in [1.165, 1.54) is 0 Å². The number of hydrogen-bond donors (Lipinski definition) is 0. The number of rotatable bonds is 6. The molecule has 0 spiro atoms. The minimum atomic E-state index is -2.85. The van der Waals surface area contributed by atoms with Crippen LogP contribution in [-0.2, 0) is 19.4 Å². The van der Waals surface area contributed by atoms with Crippen LogP contribution >= 0.6 is 0 Å². The van der Waals surface area contributed by atoms with E-state index in [1.54, 1.807) is 6.26 Å². The van der Waals surface area contributed by atoms with Gasteiger partial charge in [0, 0.05) is 42.9 Å². The molecule has 1 aliphatic heterocycles. The molecule has 1 saturated carbocycles. The van der Waals surface area contributed by atoms with Crippen LogP contribution in [0.1, 0.15) is 37.2 Å². The second kappa shape index (κ2) is 8.91. The Bertz CT molecular complexity index is 1310. The Balaban J connectivity index is 1.28. The van der Waals surface area contributed by atoms with E-state index < -0.39 is 9.84 Å². The van der Waals surface area contributed by atoms with Crippen LogP contribution in [0, 0.1) is 0 Å². The van der Waals surface area contributed by atoms with Crippen LogP contribution in [0.2, 0.25) is 0 Å². The van der Waals surface area contributed by atoms with E-state index in [1.807, 2.05) is 30.3 Å². The molecule has 2 heterocycles. The van der Waals surface area contributed by atoms with Gasteiger partial charge >= 0.3 is 0 Å². The van der Waals surface area contributed by atoms with Gasteiger partial charge in [0.05, 0.1) is 30.8 Å². The first-order valence-electron chi connectivity index (χ1n) is 11.4. The highest BCUT2D eigenvalue weighted by Gasteiger charge is 2.31. The zero-order chi connectivity index (χ0) is 23.0. The Hall–Kier alpha value is -2.71. The molecule has 5 rings (SSSR count). The van der Waals surface area contributed by atoms with E-state index >= 15 is 0 Å². The highest BCUT2D eigenvalue weighted by Crippen LogP contribution is 2.38. The van der Waals surface area contributed by atoms with Crippen LogP contribution < -0.4 is 4.74 Å². The van der Waals surface area contributed by atoms with Crippen molar-refractivity contribution >= 4 is 43.1 Å². The molecule has 7 nitrogen and oxygen atoms in total. The van der Waals surface area contributed by atoms with Crippen molar-refractivity contribution in [2.75, 3.05) is 37.7 Å². The van der Waals surface area contributed by atoms with Gasteiger partial charge in [0.2, 0.25) is 0 Å². The van der Waals surface area contributed by atoms with Crippen molar-refractivity contribution in [1.29, 1.82) is 0 Å². The third-order valence-corrected chi connectivity index (χ3v) is 8.34. The first kappa shape index (κ1) is 22.1. The van der Waals surface area contributed by atoms with Gasteiger partial charge in [-0.3, -0.25) is 9.59 Å². The van der Waals surface area contributed by atoms with E-state index in [2.05, 4.69) is 4.90 Å². The highest BCUT2D eigenvalue weighted by atomic mass is 32.2. The summed E-state index contributed by atoms with van der Waals surface area (Å²) in [5.41, 5.74) is 1.60. The maximum atomic E-state index is 12.5. The molecule has 2 aromatic carbocycles. The summed E-state index contributed by atoms with van der Waals surface area (Å²) in [5, 5.41) is 2.94. The van der Waals surface area contributed by atoms with Crippen molar-refractivity contribution in [2.24, 2.45) is 0 Å². The van der Waals surface area contributed by atoms with Gasteiger partial charge < -0.3 is 14.1 Å². The quantitative estimate of drug-likeness (QED) is 0.403. The molecular weight excluding hydrogens is 442 g/mol. The predicted octanol–water partition coefficient (Wildman–Crippen LogP) is 3.49. The lowest BCUT2D eigenvalue weighted by atomic mass is 9.81. The molecule has 0 radical (unpaired) electrons. The Morgan fingerprint density at radius 3 is 2.70 bits per heavy atom. The molecule has 174 valence electrons. The molecule has 3 aromatic rings. The third-order valence-electron chi connectivity index (χ3n) is 6.73. The number of ether oxygens (including phenoxy) is 1. The van der Waals surface area contributed by atoms with E-state index in [-0.39, 0.29) is 35.4 Å². The van der Waals surface area contributed by atoms with Crippen LogP contribution in [-0.4, -0.2) is 62.6 Å². The van der Waals surface area contributed by atoms with Gasteiger partial charge in [0.1, 0.15) is 22.9 Å². The van der Waals surface area contributed by atoms with E-state index in [9.17, 15) is 18.0 Å². The smallest absolute Gasteiger partial charge is 0.152 e. The highest BCUT2D eigenvalue weighted by molar-refractivity contribution is 7.91. The van der Waals surface area contributed by atoms with E-state index in [0.717, 1.165) is 46.0 Å². The topological polar surface area (TPSA) is 93.9 Å². The number of hydrogen-bond acceptors (Lipinski definition) is 7. The molecule has 1 saturated heterocycles. The fourth-order valence-electron chi connectivity index (χ4n) is 4.87. The van der Waals surface area contributed by atoms with Gasteiger partial charge in [0.25, 0.3) is 0 Å². The van der Waals surface area contributed by atoms with Crippen molar-refractivity contribution in [3.05, 3.63) is 42.2 Å². The minimum Gasteiger partial charge on any atom is -0.494 e. The minimum absolute atomic E-state index is 0.00728. The van der Waals surface area contributed by atoms with Crippen LogP contribution in [0.25, 0.3) is 21.7 Å². The zero-order valence-corrected chi connectivity index (χ0v) is 19.2. The standard InChI is InChI=1S/C25H27NO6S/c27-18-3-5-21(23(28)15-18)22-16-32-24-7-2-17-14-19(4-6-20(17)25(22)24)31-11-1-8-26-9-12-33(29,30)13-10-26/h2,4,6-7,14,16,21H,1,3,5,8-13,15H2/t21-/m1/s1. The predicted molar refractivity (Wildman–Crippen MR) is 126 cm³/mol. The molecule has 1 aliphatic carbocycles. The lowest BCUT2D eigenvalue weighted by Gasteiger charge is -2.26. The molecule has 1 aromatic heterocycles. The van der Waals surface area contributed by atoms with Gasteiger partial charge in [-0.2, -0.15) is 0 Å². The number of Topliss-reactive ketones (excluding diaryl/α,β-unsaturated/α-hetero) is 2. The molecular formula is C25H27NO6S. The number of fused-ring (bicyclic) bond motifs is 3. The van der Waals surface area contributed by atoms with Crippen LogP contribution in [0.5, 0.6) is 5.75 Å². The fraction of sp³-hybridized carbons (Fsp3) is 0.440. The lowest BCUT2D eigenvalue weighted by Crippen LogP contribution is -2.40. The van der Waals surface area contributed by atoms with Gasteiger partial charge in [-0.05, 0) is 47.9 Å². The van der Waals surface area contributed by atoms with Crippen molar-refractivity contribution in [3.8, 4) is 5.75 Å². The summed E-state index contributed by atoms with van der Waals surface area (Å²) >= 11 is 0. The summed E-state index contributed by atoms with van der Waals surface area (Å²) in [5.74, 6) is 0.943. The van der Waals surface area contributed by atoms with E-state index in [0.29, 0.717) is 32.5 Å². The molecule has 1 atom stereocenters. The molecule has 0 N–H and O–H groups in total. The number of carbonyl (C=O) groups excluding carboxylic acids is 2. The van der Waals surface area contributed by atoms with Gasteiger partial charge in [-0.1, -0.05) is 6.07 Å². The van der Waals surface area contributed by atoms with Crippen LogP contribution in [0.3, 0.4) is 0 Å². The zero-order valence-electron chi connectivity index (χ0n) is 18.4. The Morgan fingerprint density at radius 2 is 1.91 bits per heavy atom. The lowest BCUT2D eigenvalue weighted by molar-refractivity contribution is -0.130. The van der Waals surface area contributed by atoms with Crippen molar-refractivity contribution in [3.63, 3.8) is 0 Å². The molecule has 0 bridgehead atoms. The SMILES string of the molecule is O=C1CC[C@H](c2coc3ccc4cc(OCCCN5CCS(=O)(=O)CC5)ccc4c23)C(=O)C1. The maximum Gasteiger partial charge on any atom is 0.152 e. The first-order chi connectivity index (χ1) is 15.9. The number of sulfone groups is 1. The van der Waals surface area contributed by atoms with Gasteiger partial charge in [-0.15, -0.1) is 0 Å². The van der Waals surface area contributed by atoms with Crippen LogP contribution in [0.15, 0.2) is 41.0 Å². The summed E-state index contributed by atoms with van der Waals surface area (Å²) < 4.78 is 34.8. The average molecular weight is 470 g/mol. The largest absolute Gasteiger partial charge is 0.494 e. The number of carbonyl (C=O) groups is 2. The maximum absolute atomic E-state index is 12.5. The Morgan fingerprint density at radius 1 is 1.09 bits per heavy atom. The van der Waals surface area contributed by atoms with Gasteiger partial charge in [0.15, 0.2) is 9.84 Å². The van der Waals surface area contributed by atoms with Crippen molar-refractivity contribution in [1.82, 2.24) is 4.90 Å². The third kappa shape index (κ3) is 4.68. The summed E-state index contributed by atoms with van der Waals surface area (Å²) in [6.07, 6.45) is 3.46.